The summed E-state index contributed by atoms with van der Waals surface area (Å²) in [5.74, 6) is 0.727. The molecule has 3 fully saturated rings. The molecule has 1 aromatic rings. The van der Waals surface area contributed by atoms with Gasteiger partial charge in [0.25, 0.3) is 0 Å². The summed E-state index contributed by atoms with van der Waals surface area (Å²) in [7, 11) is 1.15. The Morgan fingerprint density at radius 1 is 1.18 bits per heavy atom. The van der Waals surface area contributed by atoms with Gasteiger partial charge < -0.3 is 20.7 Å². The first-order valence-electron chi connectivity index (χ1n) is 10.0. The predicted molar refractivity (Wildman–Crippen MR) is 103 cm³/mol. The molecule has 0 radical (unpaired) electrons. The monoisotopic (exact) mass is 398 g/mol. The molecule has 8 heteroatoms. The minimum atomic E-state index is -4.35. The number of alkyl halides is 3. The number of aryl methyl sites for hydroxylation is 1. The van der Waals surface area contributed by atoms with Crippen molar-refractivity contribution in [1.29, 1.82) is 0 Å². The van der Waals surface area contributed by atoms with Crippen LogP contribution in [0.5, 0.6) is 0 Å². The average Bonchev–Trinajstić information content (AvgIpc) is 2.59. The van der Waals surface area contributed by atoms with Crippen molar-refractivity contribution >= 4 is 11.5 Å². The molecule has 5 nitrogen and oxygen atoms in total. The molecule has 2 saturated carbocycles. The fourth-order valence-electron chi connectivity index (χ4n) is 5.27. The molecule has 0 amide bonds. The molecule has 156 valence electrons. The van der Waals surface area contributed by atoms with Crippen molar-refractivity contribution in [1.82, 2.24) is 4.98 Å². The molecule has 2 aliphatic carbocycles. The molecule has 3 N–H and O–H groups in total. The lowest BCUT2D eigenvalue weighted by atomic mass is 9.52. The number of nitrogens with two attached hydrogens (primary N) is 1. The fraction of sp³-hybridized carbons (Fsp3) is 0.750. The first-order valence-corrected chi connectivity index (χ1v) is 10.0. The third-order valence-electron chi connectivity index (χ3n) is 6.98. The maximum absolute atomic E-state index is 13.3. The number of ether oxygens (including phenoxy) is 1. The maximum atomic E-state index is 13.3. The first kappa shape index (κ1) is 19.8. The third-order valence-corrected chi connectivity index (χ3v) is 6.98. The second-order valence-electron chi connectivity index (χ2n) is 8.90. The number of aromatic nitrogens is 1. The summed E-state index contributed by atoms with van der Waals surface area (Å²) in [6.07, 6.45) is 0.0685. The Hall–Kier alpha value is -1.54. The van der Waals surface area contributed by atoms with E-state index in [4.69, 9.17) is 10.5 Å². The quantitative estimate of drug-likeness (QED) is 0.811. The largest absolute Gasteiger partial charge is 0.417 e. The van der Waals surface area contributed by atoms with Gasteiger partial charge in [-0.3, -0.25) is 0 Å². The van der Waals surface area contributed by atoms with Gasteiger partial charge in [-0.15, -0.1) is 0 Å². The van der Waals surface area contributed by atoms with E-state index in [-0.39, 0.29) is 25.9 Å². The molecule has 0 bridgehead atoms. The summed E-state index contributed by atoms with van der Waals surface area (Å²) in [5.41, 5.74) is 6.23. The van der Waals surface area contributed by atoms with Crippen LogP contribution in [-0.2, 0) is 4.74 Å². The van der Waals surface area contributed by atoms with Gasteiger partial charge in [-0.2, -0.15) is 13.2 Å². The van der Waals surface area contributed by atoms with Crippen LogP contribution in [0, 0.1) is 12.3 Å². The number of hydrogen-bond acceptors (Lipinski definition) is 5. The van der Waals surface area contributed by atoms with Crippen LogP contribution in [0.1, 0.15) is 44.2 Å². The van der Waals surface area contributed by atoms with E-state index in [0.717, 1.165) is 50.0 Å². The number of rotatable bonds is 4. The zero-order valence-corrected chi connectivity index (χ0v) is 16.5. The number of piperidine rings is 1. The standard InChI is InChI=1S/C20H29F3N4O/c1-13-16(26-15-11-18(12-15)9-14(24)10-18)3-4-17(25-13)27-7-5-19(28-2,6-8-27)20(21,22)23/h3-4,14-15,26H,5-12,24H2,1-2H3. The molecule has 28 heavy (non-hydrogen) atoms. The zero-order chi connectivity index (χ0) is 20.2. The van der Waals surface area contributed by atoms with Gasteiger partial charge in [-0.1, -0.05) is 0 Å². The number of methoxy groups -OCH3 is 1. The number of nitrogens with one attached hydrogen (secondary N) is 1. The van der Waals surface area contributed by atoms with Gasteiger partial charge >= 0.3 is 6.18 Å². The fourth-order valence-corrected chi connectivity index (χ4v) is 5.27. The highest BCUT2D eigenvalue weighted by molar-refractivity contribution is 5.54. The lowest BCUT2D eigenvalue weighted by Gasteiger charge is -2.57. The zero-order valence-electron chi connectivity index (χ0n) is 16.5. The highest BCUT2D eigenvalue weighted by Crippen LogP contribution is 2.56. The molecule has 0 unspecified atom stereocenters. The van der Waals surface area contributed by atoms with Crippen LogP contribution >= 0.6 is 0 Å². The Morgan fingerprint density at radius 2 is 1.82 bits per heavy atom. The number of hydrogen-bond donors (Lipinski definition) is 2. The van der Waals surface area contributed by atoms with Crippen LogP contribution in [0.25, 0.3) is 0 Å². The Bertz CT molecular complexity index is 717. The Kier molecular flexibility index (Phi) is 4.77. The van der Waals surface area contributed by atoms with Crippen LogP contribution in [0.4, 0.5) is 24.7 Å². The van der Waals surface area contributed by atoms with Crippen molar-refractivity contribution < 1.29 is 17.9 Å². The Labute approximate surface area is 163 Å². The van der Waals surface area contributed by atoms with Gasteiger partial charge in [0.1, 0.15) is 5.82 Å². The minimum absolute atomic E-state index is 0.0833. The molecule has 4 rings (SSSR count). The molecule has 1 aliphatic heterocycles. The molecule has 1 saturated heterocycles. The van der Waals surface area contributed by atoms with E-state index in [1.807, 2.05) is 24.0 Å². The topological polar surface area (TPSA) is 63.4 Å². The molecule has 0 aromatic carbocycles. The maximum Gasteiger partial charge on any atom is 0.417 e. The summed E-state index contributed by atoms with van der Waals surface area (Å²) in [5, 5.41) is 3.57. The molecule has 1 spiro atoms. The normalized spacial score (nSPS) is 32.0. The van der Waals surface area contributed by atoms with Gasteiger partial charge in [0.15, 0.2) is 5.60 Å². The second-order valence-corrected chi connectivity index (χ2v) is 8.90. The predicted octanol–water partition coefficient (Wildman–Crippen LogP) is 3.62. The first-order chi connectivity index (χ1) is 13.2. The summed E-state index contributed by atoms with van der Waals surface area (Å²) in [6, 6.07) is 4.73. The van der Waals surface area contributed by atoms with Crippen LogP contribution in [0.15, 0.2) is 12.1 Å². The number of halogens is 3. The van der Waals surface area contributed by atoms with Gasteiger partial charge in [-0.05, 0) is 50.2 Å². The van der Waals surface area contributed by atoms with Crippen LogP contribution < -0.4 is 16.0 Å². The van der Waals surface area contributed by atoms with E-state index in [1.165, 1.54) is 0 Å². The summed E-state index contributed by atoms with van der Waals surface area (Å²) in [4.78, 5) is 6.56. The molecule has 1 aromatic heterocycles. The van der Waals surface area contributed by atoms with E-state index in [2.05, 4.69) is 10.3 Å². The Balaban J connectivity index is 1.35. The average molecular weight is 398 g/mol. The third kappa shape index (κ3) is 3.34. The van der Waals surface area contributed by atoms with Crippen molar-refractivity contribution in [3.8, 4) is 0 Å². The highest BCUT2D eigenvalue weighted by atomic mass is 19.4. The number of anilines is 2. The van der Waals surface area contributed by atoms with Gasteiger partial charge in [0.05, 0.1) is 11.4 Å². The highest BCUT2D eigenvalue weighted by Gasteiger charge is 2.56. The van der Waals surface area contributed by atoms with Gasteiger partial charge in [-0.25, -0.2) is 4.98 Å². The SMILES string of the molecule is COC1(C(F)(F)F)CCN(c2ccc(NC3CC4(CC(N)C4)C3)c(C)n2)CC1. The van der Waals surface area contributed by atoms with E-state index in [1.54, 1.807) is 0 Å². The molecule has 2 heterocycles. The van der Waals surface area contributed by atoms with Crippen LogP contribution in [0.3, 0.4) is 0 Å². The van der Waals surface area contributed by atoms with Crippen molar-refractivity contribution in [2.24, 2.45) is 11.1 Å². The molecular formula is C20H29F3N4O. The van der Waals surface area contributed by atoms with Gasteiger partial charge in [0.2, 0.25) is 0 Å². The van der Waals surface area contributed by atoms with Crippen molar-refractivity contribution in [2.45, 2.75) is 69.3 Å². The summed E-state index contributed by atoms with van der Waals surface area (Å²) in [6.45, 7) is 2.49. The summed E-state index contributed by atoms with van der Waals surface area (Å²) >= 11 is 0. The second kappa shape index (κ2) is 6.76. The van der Waals surface area contributed by atoms with E-state index < -0.39 is 11.8 Å². The molecule has 3 aliphatic rings. The van der Waals surface area contributed by atoms with Crippen molar-refractivity contribution in [3.05, 3.63) is 17.8 Å². The number of pyridine rings is 1. The smallest absolute Gasteiger partial charge is 0.381 e. The van der Waals surface area contributed by atoms with Crippen LogP contribution in [-0.4, -0.2) is 49.0 Å². The molecule has 0 atom stereocenters. The summed E-state index contributed by atoms with van der Waals surface area (Å²) < 4.78 is 44.9. The lowest BCUT2D eigenvalue weighted by Crippen LogP contribution is -2.57. The minimum Gasteiger partial charge on any atom is -0.381 e. The molecular weight excluding hydrogens is 369 g/mol. The van der Waals surface area contributed by atoms with E-state index in [9.17, 15) is 13.2 Å². The van der Waals surface area contributed by atoms with Crippen LogP contribution in [0.2, 0.25) is 0 Å². The number of nitrogens with zero attached hydrogens (tertiary/aromatic N) is 2. The Morgan fingerprint density at radius 3 is 2.32 bits per heavy atom. The van der Waals surface area contributed by atoms with E-state index in [0.29, 0.717) is 17.5 Å². The van der Waals surface area contributed by atoms with Gasteiger partial charge in [0, 0.05) is 45.1 Å². The lowest BCUT2D eigenvalue weighted by molar-refractivity contribution is -0.276. The van der Waals surface area contributed by atoms with Crippen molar-refractivity contribution in [3.63, 3.8) is 0 Å². The van der Waals surface area contributed by atoms with E-state index >= 15 is 0 Å². The van der Waals surface area contributed by atoms with Crippen molar-refractivity contribution in [2.75, 3.05) is 30.4 Å².